The number of hydrogen-bond donors (Lipinski definition) is 1. The Morgan fingerprint density at radius 3 is 2.72 bits per heavy atom. The Bertz CT molecular complexity index is 845. The van der Waals surface area contributed by atoms with E-state index in [0.29, 0.717) is 18.0 Å². The van der Waals surface area contributed by atoms with E-state index in [9.17, 15) is 4.79 Å². The van der Waals surface area contributed by atoms with Gasteiger partial charge in [0.2, 0.25) is 5.91 Å². The average Bonchev–Trinajstić information content (AvgIpc) is 3.01. The van der Waals surface area contributed by atoms with Gasteiger partial charge in [-0.05, 0) is 49.2 Å². The molecule has 0 aliphatic rings. The number of nitrogens with zero attached hydrogens (tertiary/aromatic N) is 2. The molecule has 1 N–H and O–H groups in total. The van der Waals surface area contributed by atoms with E-state index in [2.05, 4.69) is 15.3 Å². The van der Waals surface area contributed by atoms with E-state index in [1.165, 1.54) is 11.3 Å². The summed E-state index contributed by atoms with van der Waals surface area (Å²) in [5.74, 6) is 0.763. The van der Waals surface area contributed by atoms with Gasteiger partial charge in [-0.3, -0.25) is 9.78 Å². The number of rotatable bonds is 6. The molecule has 0 saturated carbocycles. The Labute approximate surface area is 150 Å². The van der Waals surface area contributed by atoms with Gasteiger partial charge in [0.1, 0.15) is 5.75 Å². The summed E-state index contributed by atoms with van der Waals surface area (Å²) in [6, 6.07) is 11.6. The number of hydrogen-bond acceptors (Lipinski definition) is 5. The van der Waals surface area contributed by atoms with Crippen LogP contribution in [0.1, 0.15) is 16.9 Å². The molecule has 3 rings (SSSR count). The zero-order chi connectivity index (χ0) is 17.6. The first kappa shape index (κ1) is 17.1. The van der Waals surface area contributed by atoms with Crippen molar-refractivity contribution in [2.24, 2.45) is 0 Å². The molecule has 5 nitrogen and oxygen atoms in total. The first-order chi connectivity index (χ1) is 12.2. The van der Waals surface area contributed by atoms with Crippen LogP contribution >= 0.6 is 11.3 Å². The van der Waals surface area contributed by atoms with Crippen molar-refractivity contribution in [3.8, 4) is 17.0 Å². The molecular formula is C19H19N3O2S. The second kappa shape index (κ2) is 7.90. The summed E-state index contributed by atoms with van der Waals surface area (Å²) >= 11 is 1.48. The standard InChI is InChI=1S/C19H19N3O2S/c1-13-18(15-6-8-16(24-2)9-7-15)22-19(25-13)21-17(23)10-5-14-4-3-11-20-12-14/h3-4,6-9,11-12H,5,10H2,1-2H3,(H,21,22,23). The molecule has 0 saturated heterocycles. The maximum absolute atomic E-state index is 12.1. The molecule has 2 aromatic heterocycles. The first-order valence-electron chi connectivity index (χ1n) is 7.96. The zero-order valence-corrected chi connectivity index (χ0v) is 15.0. The topological polar surface area (TPSA) is 64.1 Å². The lowest BCUT2D eigenvalue weighted by Crippen LogP contribution is -2.12. The summed E-state index contributed by atoms with van der Waals surface area (Å²) in [6.07, 6.45) is 4.57. The highest BCUT2D eigenvalue weighted by Crippen LogP contribution is 2.31. The van der Waals surface area contributed by atoms with Crippen LogP contribution in [0.4, 0.5) is 5.13 Å². The fourth-order valence-electron chi connectivity index (χ4n) is 2.45. The quantitative estimate of drug-likeness (QED) is 0.725. The fourth-order valence-corrected chi connectivity index (χ4v) is 3.30. The molecule has 3 aromatic rings. The van der Waals surface area contributed by atoms with Gasteiger partial charge in [-0.25, -0.2) is 4.98 Å². The summed E-state index contributed by atoms with van der Waals surface area (Å²) < 4.78 is 5.18. The highest BCUT2D eigenvalue weighted by atomic mass is 32.1. The molecule has 1 aromatic carbocycles. The Hall–Kier alpha value is -2.73. The third-order valence-corrected chi connectivity index (χ3v) is 4.66. The lowest BCUT2D eigenvalue weighted by atomic mass is 10.1. The zero-order valence-electron chi connectivity index (χ0n) is 14.2. The van der Waals surface area contributed by atoms with Gasteiger partial charge >= 0.3 is 0 Å². The van der Waals surface area contributed by atoms with Crippen LogP contribution in [0.5, 0.6) is 5.75 Å². The van der Waals surface area contributed by atoms with Gasteiger partial charge in [0.05, 0.1) is 12.8 Å². The second-order valence-electron chi connectivity index (χ2n) is 5.56. The summed E-state index contributed by atoms with van der Waals surface area (Å²) in [6.45, 7) is 2.00. The number of anilines is 1. The number of carbonyl (C=O) groups excluding carboxylic acids is 1. The fraction of sp³-hybridized carbons (Fsp3) is 0.211. The predicted octanol–water partition coefficient (Wildman–Crippen LogP) is 4.09. The van der Waals surface area contributed by atoms with Gasteiger partial charge in [-0.2, -0.15) is 0 Å². The summed E-state index contributed by atoms with van der Waals surface area (Å²) in [4.78, 5) is 21.8. The van der Waals surface area contributed by atoms with Gasteiger partial charge in [-0.1, -0.05) is 6.07 Å². The number of carbonyl (C=O) groups is 1. The maximum Gasteiger partial charge on any atom is 0.226 e. The second-order valence-corrected chi connectivity index (χ2v) is 6.76. The predicted molar refractivity (Wildman–Crippen MR) is 100 cm³/mol. The molecule has 0 atom stereocenters. The highest BCUT2D eigenvalue weighted by Gasteiger charge is 2.12. The minimum absolute atomic E-state index is 0.0427. The average molecular weight is 353 g/mol. The Balaban J connectivity index is 1.64. The van der Waals surface area contributed by atoms with Crippen LogP contribution in [-0.4, -0.2) is 23.0 Å². The van der Waals surface area contributed by atoms with E-state index >= 15 is 0 Å². The number of thiazole rings is 1. The van der Waals surface area contributed by atoms with Gasteiger partial charge in [0.15, 0.2) is 5.13 Å². The van der Waals surface area contributed by atoms with Gasteiger partial charge < -0.3 is 10.1 Å². The Kier molecular flexibility index (Phi) is 5.40. The van der Waals surface area contributed by atoms with E-state index in [1.54, 1.807) is 19.5 Å². The van der Waals surface area contributed by atoms with E-state index in [0.717, 1.165) is 27.4 Å². The molecule has 0 aliphatic carbocycles. The maximum atomic E-state index is 12.1. The third-order valence-electron chi connectivity index (χ3n) is 3.77. The van der Waals surface area contributed by atoms with E-state index in [1.807, 2.05) is 43.3 Å². The third kappa shape index (κ3) is 4.42. The van der Waals surface area contributed by atoms with E-state index < -0.39 is 0 Å². The van der Waals surface area contributed by atoms with E-state index in [4.69, 9.17) is 4.74 Å². The number of pyridine rings is 1. The minimum atomic E-state index is -0.0427. The number of methoxy groups -OCH3 is 1. The number of benzene rings is 1. The number of aryl methyl sites for hydroxylation is 2. The van der Waals surface area contributed by atoms with Gasteiger partial charge in [0, 0.05) is 29.3 Å². The van der Waals surface area contributed by atoms with Crippen molar-refractivity contribution in [2.75, 3.05) is 12.4 Å². The number of amides is 1. The SMILES string of the molecule is COc1ccc(-c2nc(NC(=O)CCc3cccnc3)sc2C)cc1. The molecule has 128 valence electrons. The van der Waals surface area contributed by atoms with Crippen LogP contribution in [0.2, 0.25) is 0 Å². The lowest BCUT2D eigenvalue weighted by molar-refractivity contribution is -0.116. The molecule has 0 radical (unpaired) electrons. The molecule has 0 spiro atoms. The Morgan fingerprint density at radius 1 is 1.24 bits per heavy atom. The van der Waals surface area contributed by atoms with Crippen LogP contribution in [0.3, 0.4) is 0 Å². The molecule has 0 fully saturated rings. The van der Waals surface area contributed by atoms with Gasteiger partial charge in [-0.15, -0.1) is 11.3 Å². The minimum Gasteiger partial charge on any atom is -0.497 e. The molecule has 6 heteroatoms. The van der Waals surface area contributed by atoms with Crippen molar-refractivity contribution in [3.63, 3.8) is 0 Å². The summed E-state index contributed by atoms with van der Waals surface area (Å²) in [5.41, 5.74) is 2.94. The highest BCUT2D eigenvalue weighted by molar-refractivity contribution is 7.16. The largest absolute Gasteiger partial charge is 0.497 e. The monoisotopic (exact) mass is 353 g/mol. The van der Waals surface area contributed by atoms with Gasteiger partial charge in [0.25, 0.3) is 0 Å². The number of nitrogens with one attached hydrogen (secondary N) is 1. The van der Waals surface area contributed by atoms with Crippen molar-refractivity contribution in [3.05, 3.63) is 59.2 Å². The van der Waals surface area contributed by atoms with Crippen LogP contribution in [0.15, 0.2) is 48.8 Å². The summed E-state index contributed by atoms with van der Waals surface area (Å²) in [7, 11) is 1.64. The van der Waals surface area contributed by atoms with Crippen LogP contribution in [-0.2, 0) is 11.2 Å². The number of aromatic nitrogens is 2. The molecule has 0 aliphatic heterocycles. The number of ether oxygens (including phenoxy) is 1. The molecule has 0 bridgehead atoms. The lowest BCUT2D eigenvalue weighted by Gasteiger charge is -2.02. The molecule has 25 heavy (non-hydrogen) atoms. The molecular weight excluding hydrogens is 334 g/mol. The van der Waals surface area contributed by atoms with Crippen LogP contribution in [0.25, 0.3) is 11.3 Å². The van der Waals surface area contributed by atoms with Crippen molar-refractivity contribution in [1.82, 2.24) is 9.97 Å². The van der Waals surface area contributed by atoms with E-state index in [-0.39, 0.29) is 5.91 Å². The smallest absolute Gasteiger partial charge is 0.226 e. The molecule has 2 heterocycles. The van der Waals surface area contributed by atoms with Crippen molar-refractivity contribution >= 4 is 22.4 Å². The normalized spacial score (nSPS) is 10.5. The molecule has 0 unspecified atom stereocenters. The molecule has 1 amide bonds. The summed E-state index contributed by atoms with van der Waals surface area (Å²) in [5, 5.41) is 3.51. The van der Waals surface area contributed by atoms with Crippen molar-refractivity contribution < 1.29 is 9.53 Å². The van der Waals surface area contributed by atoms with Crippen LogP contribution in [0, 0.1) is 6.92 Å². The van der Waals surface area contributed by atoms with Crippen LogP contribution < -0.4 is 10.1 Å². The Morgan fingerprint density at radius 2 is 2.04 bits per heavy atom. The van der Waals surface area contributed by atoms with Crippen molar-refractivity contribution in [1.29, 1.82) is 0 Å². The van der Waals surface area contributed by atoms with Crippen molar-refractivity contribution in [2.45, 2.75) is 19.8 Å². The first-order valence-corrected chi connectivity index (χ1v) is 8.78.